The Hall–Kier alpha value is -1.87. The predicted molar refractivity (Wildman–Crippen MR) is 154 cm³/mol. The lowest BCUT2D eigenvalue weighted by Gasteiger charge is -2.41. The second kappa shape index (κ2) is 11.2. The Morgan fingerprint density at radius 1 is 1.08 bits per heavy atom. The van der Waals surface area contributed by atoms with Crippen LogP contribution < -0.4 is 4.90 Å². The van der Waals surface area contributed by atoms with Crippen LogP contribution in [-0.2, 0) is 9.59 Å². The Bertz CT molecular complexity index is 1190. The largest absolute Gasteiger partial charge is 0.393 e. The van der Waals surface area contributed by atoms with Crippen LogP contribution in [0.4, 0.5) is 5.82 Å². The molecule has 2 aromatic rings. The summed E-state index contributed by atoms with van der Waals surface area (Å²) in [5.74, 6) is 1.54. The summed E-state index contributed by atoms with van der Waals surface area (Å²) in [4.78, 5) is 31.1. The minimum atomic E-state index is -1.20. The fraction of sp³-hybridized carbons (Fsp3) is 0.710. The maximum Gasteiger partial charge on any atom is 0.150 e. The molecule has 7 atom stereocenters. The van der Waals surface area contributed by atoms with Crippen LogP contribution in [0.25, 0.3) is 10.1 Å². The number of hydrogen-bond donors (Lipinski definition) is 2. The van der Waals surface area contributed by atoms with E-state index in [2.05, 4.69) is 34.1 Å². The summed E-state index contributed by atoms with van der Waals surface area (Å²) in [5.41, 5.74) is -1.20. The summed E-state index contributed by atoms with van der Waals surface area (Å²) in [5, 5.41) is 22.1. The Labute approximate surface area is 235 Å². The molecule has 212 valence electrons. The summed E-state index contributed by atoms with van der Waals surface area (Å²) in [6.45, 7) is 6.44. The molecule has 4 aliphatic rings. The summed E-state index contributed by atoms with van der Waals surface area (Å²) >= 11 is 1.58. The van der Waals surface area contributed by atoms with Gasteiger partial charge in [0.1, 0.15) is 17.4 Å². The van der Waals surface area contributed by atoms with E-state index in [1.807, 2.05) is 0 Å². The van der Waals surface area contributed by atoms with Gasteiger partial charge in [0.05, 0.1) is 16.9 Å². The standard InChI is InChI=1S/C31H43N3O4S/c1-20(36)28-23-16-25(31(38,17-23)19-35)29(28)26(37)11-10-21-6-2-3-7-22(21)18-33-12-14-34(15-13-33)30-24-8-4-5-9-27(24)39-32-30/h4-5,8-9,21-23,25,28-29,35,38H,2-3,6-7,10-19H2,1H3/t21-,22-,23-,25-,28-,29-,31?/m0/s1. The van der Waals surface area contributed by atoms with Crippen molar-refractivity contribution in [2.45, 2.75) is 63.9 Å². The van der Waals surface area contributed by atoms with E-state index in [9.17, 15) is 19.8 Å². The maximum atomic E-state index is 13.6. The van der Waals surface area contributed by atoms with Crippen molar-refractivity contribution in [2.75, 3.05) is 44.2 Å². The van der Waals surface area contributed by atoms with Crippen molar-refractivity contribution in [3.05, 3.63) is 24.3 Å². The molecule has 2 bridgehead atoms. The molecule has 0 spiro atoms. The minimum Gasteiger partial charge on any atom is -0.393 e. The zero-order chi connectivity index (χ0) is 27.1. The topological polar surface area (TPSA) is 94.0 Å². The van der Waals surface area contributed by atoms with E-state index in [-0.39, 0.29) is 35.9 Å². The van der Waals surface area contributed by atoms with Gasteiger partial charge in [-0.25, -0.2) is 0 Å². The number of anilines is 1. The second-order valence-corrected chi connectivity index (χ2v) is 13.6. The van der Waals surface area contributed by atoms with Gasteiger partial charge >= 0.3 is 0 Å². The van der Waals surface area contributed by atoms with E-state index in [1.54, 1.807) is 18.5 Å². The molecule has 3 aliphatic carbocycles. The lowest BCUT2D eigenvalue weighted by molar-refractivity contribution is -0.144. The van der Waals surface area contributed by atoms with Crippen molar-refractivity contribution >= 4 is 39.0 Å². The summed E-state index contributed by atoms with van der Waals surface area (Å²) in [6.07, 6.45) is 7.40. The molecule has 2 N–H and O–H groups in total. The first-order valence-electron chi connectivity index (χ1n) is 15.1. The number of Topliss-reactive ketones (excluding diaryl/α,β-unsaturated/α-hetero) is 2. The molecule has 6 rings (SSSR count). The van der Waals surface area contributed by atoms with Gasteiger partial charge in [-0.2, -0.15) is 4.37 Å². The molecule has 8 heteroatoms. The molecule has 4 fully saturated rings. The van der Waals surface area contributed by atoms with Crippen molar-refractivity contribution in [1.82, 2.24) is 9.27 Å². The van der Waals surface area contributed by atoms with Crippen LogP contribution in [0, 0.1) is 35.5 Å². The van der Waals surface area contributed by atoms with Gasteiger partial charge < -0.3 is 15.1 Å². The van der Waals surface area contributed by atoms with Gasteiger partial charge in [0.15, 0.2) is 0 Å². The van der Waals surface area contributed by atoms with E-state index >= 15 is 0 Å². The zero-order valence-electron chi connectivity index (χ0n) is 23.1. The van der Waals surface area contributed by atoms with Crippen molar-refractivity contribution in [1.29, 1.82) is 0 Å². The highest BCUT2D eigenvalue weighted by atomic mass is 32.1. The molecular formula is C31H43N3O4S. The summed E-state index contributed by atoms with van der Waals surface area (Å²) in [7, 11) is 0. The highest BCUT2D eigenvalue weighted by Crippen LogP contribution is 2.58. The number of aromatic nitrogens is 1. The highest BCUT2D eigenvalue weighted by Gasteiger charge is 2.62. The molecule has 2 heterocycles. The molecule has 1 unspecified atom stereocenters. The number of piperazine rings is 1. The average Bonchev–Trinajstić information content (AvgIpc) is 3.64. The van der Waals surface area contributed by atoms with Crippen LogP contribution >= 0.6 is 11.5 Å². The van der Waals surface area contributed by atoms with Crippen LogP contribution in [0.15, 0.2) is 24.3 Å². The average molecular weight is 554 g/mol. The number of carbonyl (C=O) groups is 2. The predicted octanol–water partition coefficient (Wildman–Crippen LogP) is 4.16. The van der Waals surface area contributed by atoms with E-state index in [1.165, 1.54) is 35.8 Å². The van der Waals surface area contributed by atoms with Crippen molar-refractivity contribution in [3.63, 3.8) is 0 Å². The Morgan fingerprint density at radius 2 is 1.82 bits per heavy atom. The van der Waals surface area contributed by atoms with E-state index in [4.69, 9.17) is 4.37 Å². The molecule has 7 nitrogen and oxygen atoms in total. The SMILES string of the molecule is CC(=O)[C@H]1[C@H]2C[C@@H]([C@H]1C(=O)CC[C@@H]1CCCC[C@H]1CN1CCN(c3nsc4ccccc34)CC1)C(O)(CO)C2. The van der Waals surface area contributed by atoms with Crippen molar-refractivity contribution < 1.29 is 19.8 Å². The lowest BCUT2D eigenvalue weighted by atomic mass is 9.67. The van der Waals surface area contributed by atoms with Gasteiger partial charge in [0.2, 0.25) is 0 Å². The first-order valence-corrected chi connectivity index (χ1v) is 15.8. The number of aliphatic hydroxyl groups is 2. The van der Waals surface area contributed by atoms with Crippen LogP contribution in [0.5, 0.6) is 0 Å². The maximum absolute atomic E-state index is 13.6. The molecule has 3 saturated carbocycles. The van der Waals surface area contributed by atoms with Crippen LogP contribution in [-0.4, -0.2) is 76.0 Å². The summed E-state index contributed by atoms with van der Waals surface area (Å²) < 4.78 is 6.00. The van der Waals surface area contributed by atoms with Gasteiger partial charge in [-0.05, 0) is 74.0 Å². The van der Waals surface area contributed by atoms with E-state index in [0.29, 0.717) is 31.1 Å². The van der Waals surface area contributed by atoms with Crippen molar-refractivity contribution in [2.24, 2.45) is 35.5 Å². The summed E-state index contributed by atoms with van der Waals surface area (Å²) in [6, 6.07) is 8.48. The molecule has 0 amide bonds. The molecule has 1 aromatic carbocycles. The fourth-order valence-electron chi connectivity index (χ4n) is 8.70. The first kappa shape index (κ1) is 27.3. The number of carbonyl (C=O) groups excluding carboxylic acids is 2. The third-order valence-corrected chi connectivity index (χ3v) is 11.5. The minimum absolute atomic E-state index is 0.0296. The van der Waals surface area contributed by atoms with Gasteiger partial charge in [-0.1, -0.05) is 31.4 Å². The van der Waals surface area contributed by atoms with E-state index in [0.717, 1.165) is 45.0 Å². The third-order valence-electron chi connectivity index (χ3n) is 10.7. The molecular weight excluding hydrogens is 510 g/mol. The smallest absolute Gasteiger partial charge is 0.150 e. The van der Waals surface area contributed by atoms with Gasteiger partial charge in [-0.3, -0.25) is 14.5 Å². The van der Waals surface area contributed by atoms with Gasteiger partial charge in [0.25, 0.3) is 0 Å². The van der Waals surface area contributed by atoms with Crippen LogP contribution in [0.3, 0.4) is 0 Å². The number of rotatable bonds is 9. The molecule has 1 aliphatic heterocycles. The number of fused-ring (bicyclic) bond motifs is 3. The molecule has 1 aromatic heterocycles. The number of ketones is 2. The van der Waals surface area contributed by atoms with Gasteiger partial charge in [0, 0.05) is 62.3 Å². The number of hydrogen-bond acceptors (Lipinski definition) is 8. The Balaban J connectivity index is 1.04. The highest BCUT2D eigenvalue weighted by molar-refractivity contribution is 7.13. The van der Waals surface area contributed by atoms with E-state index < -0.39 is 11.5 Å². The molecule has 39 heavy (non-hydrogen) atoms. The van der Waals surface area contributed by atoms with Crippen LogP contribution in [0.2, 0.25) is 0 Å². The normalized spacial score (nSPS) is 35.1. The lowest BCUT2D eigenvalue weighted by Crippen LogP contribution is -2.49. The Kier molecular flexibility index (Phi) is 7.83. The fourth-order valence-corrected chi connectivity index (χ4v) is 9.49. The quantitative estimate of drug-likeness (QED) is 0.482. The number of benzene rings is 1. The van der Waals surface area contributed by atoms with Crippen molar-refractivity contribution in [3.8, 4) is 0 Å². The zero-order valence-corrected chi connectivity index (χ0v) is 24.0. The number of nitrogens with zero attached hydrogens (tertiary/aromatic N) is 3. The van der Waals surface area contributed by atoms with Crippen LogP contribution in [0.1, 0.15) is 58.3 Å². The monoisotopic (exact) mass is 553 g/mol. The third kappa shape index (κ3) is 5.18. The van der Waals surface area contributed by atoms with Gasteiger partial charge in [-0.15, -0.1) is 0 Å². The first-order chi connectivity index (χ1) is 18.9. The second-order valence-electron chi connectivity index (χ2n) is 12.8. The molecule has 1 saturated heterocycles. The number of aliphatic hydroxyl groups excluding tert-OH is 1. The Morgan fingerprint density at radius 3 is 2.56 bits per heavy atom. The molecule has 0 radical (unpaired) electrons.